The smallest absolute Gasteiger partial charge is 0.326 e. The van der Waals surface area contributed by atoms with Gasteiger partial charge in [-0.2, -0.15) is 0 Å². The van der Waals surface area contributed by atoms with E-state index in [0.29, 0.717) is 11.4 Å². The van der Waals surface area contributed by atoms with Crippen molar-refractivity contribution in [2.24, 2.45) is 0 Å². The van der Waals surface area contributed by atoms with Crippen molar-refractivity contribution in [2.75, 3.05) is 18.1 Å². The summed E-state index contributed by atoms with van der Waals surface area (Å²) >= 11 is 0. The second kappa shape index (κ2) is 8.25. The van der Waals surface area contributed by atoms with Crippen LogP contribution in [-0.4, -0.2) is 40.0 Å². The van der Waals surface area contributed by atoms with Gasteiger partial charge < -0.3 is 9.72 Å². The number of fused-ring (bicyclic) bond motifs is 1. The highest BCUT2D eigenvalue weighted by molar-refractivity contribution is 6.09. The van der Waals surface area contributed by atoms with Crippen molar-refractivity contribution in [2.45, 2.75) is 6.92 Å². The number of amides is 1. The fourth-order valence-electron chi connectivity index (χ4n) is 2.33. The van der Waals surface area contributed by atoms with Gasteiger partial charge in [-0.05, 0) is 37.3 Å². The molecular formula is C17H17ClN4O3. The summed E-state index contributed by atoms with van der Waals surface area (Å²) in [5.74, 6) is -0.433. The van der Waals surface area contributed by atoms with Crippen molar-refractivity contribution in [3.63, 3.8) is 0 Å². The number of nitrogens with zero attached hydrogens (tertiary/aromatic N) is 3. The van der Waals surface area contributed by atoms with Crippen LogP contribution in [0.25, 0.3) is 11.0 Å². The molecule has 0 atom stereocenters. The van der Waals surface area contributed by atoms with E-state index in [1.54, 1.807) is 55.8 Å². The Kier molecular flexibility index (Phi) is 6.08. The summed E-state index contributed by atoms with van der Waals surface area (Å²) in [5.41, 5.74) is 1.95. The standard InChI is InChI=1S/C17H16N4O3.ClH/c1-2-24-16(22)10-21(15-5-3-4-8-18-15)17(23)12-6-7-13-14(9-12)20-11-19-13;/h3-9,11H,2,10H2,1H3,(H,19,20);1H. The Morgan fingerprint density at radius 3 is 2.76 bits per heavy atom. The predicted octanol–water partition coefficient (Wildman–Crippen LogP) is 2.59. The Morgan fingerprint density at radius 1 is 1.20 bits per heavy atom. The third kappa shape index (κ3) is 4.13. The van der Waals surface area contributed by atoms with Crippen molar-refractivity contribution in [1.29, 1.82) is 0 Å². The molecule has 1 amide bonds. The maximum atomic E-state index is 12.9. The molecule has 0 spiro atoms. The molecule has 7 nitrogen and oxygen atoms in total. The molecule has 0 radical (unpaired) electrons. The van der Waals surface area contributed by atoms with Crippen molar-refractivity contribution >= 4 is 41.1 Å². The lowest BCUT2D eigenvalue weighted by Crippen LogP contribution is -2.37. The first kappa shape index (κ1) is 18.4. The number of anilines is 1. The van der Waals surface area contributed by atoms with Gasteiger partial charge in [0.2, 0.25) is 0 Å². The van der Waals surface area contributed by atoms with Gasteiger partial charge in [-0.25, -0.2) is 9.97 Å². The molecule has 0 saturated heterocycles. The van der Waals surface area contributed by atoms with E-state index >= 15 is 0 Å². The number of aromatic nitrogens is 3. The minimum Gasteiger partial charge on any atom is -0.465 e. The molecule has 25 heavy (non-hydrogen) atoms. The normalized spacial score (nSPS) is 10.1. The van der Waals surface area contributed by atoms with Crippen LogP contribution in [0.15, 0.2) is 48.9 Å². The second-order valence-corrected chi connectivity index (χ2v) is 5.02. The summed E-state index contributed by atoms with van der Waals surface area (Å²) in [6, 6.07) is 10.3. The van der Waals surface area contributed by atoms with Crippen molar-refractivity contribution in [3.8, 4) is 0 Å². The number of ether oxygens (including phenoxy) is 1. The lowest BCUT2D eigenvalue weighted by atomic mass is 10.1. The van der Waals surface area contributed by atoms with Crippen LogP contribution in [0.4, 0.5) is 5.82 Å². The van der Waals surface area contributed by atoms with E-state index in [4.69, 9.17) is 4.74 Å². The quantitative estimate of drug-likeness (QED) is 0.706. The molecular weight excluding hydrogens is 344 g/mol. The maximum Gasteiger partial charge on any atom is 0.326 e. The van der Waals surface area contributed by atoms with Crippen LogP contribution in [0.3, 0.4) is 0 Å². The molecule has 0 saturated carbocycles. The van der Waals surface area contributed by atoms with Gasteiger partial charge in [-0.1, -0.05) is 6.07 Å². The number of rotatable bonds is 5. The van der Waals surface area contributed by atoms with E-state index in [1.807, 2.05) is 0 Å². The summed E-state index contributed by atoms with van der Waals surface area (Å²) in [6.45, 7) is 1.77. The number of halogens is 1. The van der Waals surface area contributed by atoms with E-state index < -0.39 is 5.97 Å². The van der Waals surface area contributed by atoms with Crippen LogP contribution in [0.5, 0.6) is 0 Å². The van der Waals surface area contributed by atoms with Gasteiger partial charge in [0.15, 0.2) is 0 Å². The highest BCUT2D eigenvalue weighted by Gasteiger charge is 2.22. The summed E-state index contributed by atoms with van der Waals surface area (Å²) in [5, 5.41) is 0. The molecule has 2 heterocycles. The molecule has 0 aliphatic heterocycles. The van der Waals surface area contributed by atoms with Crippen molar-refractivity contribution in [1.82, 2.24) is 15.0 Å². The molecule has 8 heteroatoms. The number of benzene rings is 1. The third-order valence-corrected chi connectivity index (χ3v) is 3.43. The third-order valence-electron chi connectivity index (χ3n) is 3.43. The van der Waals surface area contributed by atoms with Gasteiger partial charge in [0, 0.05) is 11.8 Å². The second-order valence-electron chi connectivity index (χ2n) is 5.02. The molecule has 1 aromatic carbocycles. The topological polar surface area (TPSA) is 88.2 Å². The Bertz CT molecular complexity index is 866. The number of esters is 1. The molecule has 130 valence electrons. The number of pyridine rings is 1. The minimum absolute atomic E-state index is 0. The summed E-state index contributed by atoms with van der Waals surface area (Å²) in [6.07, 6.45) is 3.13. The maximum absolute atomic E-state index is 12.9. The molecule has 0 aliphatic carbocycles. The number of carbonyl (C=O) groups excluding carboxylic acids is 2. The number of hydrogen-bond acceptors (Lipinski definition) is 5. The van der Waals surface area contributed by atoms with E-state index in [9.17, 15) is 9.59 Å². The van der Waals surface area contributed by atoms with Crippen LogP contribution >= 0.6 is 12.4 Å². The van der Waals surface area contributed by atoms with Crippen molar-refractivity contribution in [3.05, 3.63) is 54.5 Å². The lowest BCUT2D eigenvalue weighted by molar-refractivity contribution is -0.141. The number of H-pyrrole nitrogens is 1. The lowest BCUT2D eigenvalue weighted by Gasteiger charge is -2.20. The predicted molar refractivity (Wildman–Crippen MR) is 95.9 cm³/mol. The van der Waals surface area contributed by atoms with Gasteiger partial charge in [-0.15, -0.1) is 12.4 Å². The summed E-state index contributed by atoms with van der Waals surface area (Å²) in [4.78, 5) is 37.3. The Labute approximate surface area is 150 Å². The average molecular weight is 361 g/mol. The molecule has 0 fully saturated rings. The first-order chi connectivity index (χ1) is 11.7. The number of carbonyl (C=O) groups is 2. The molecule has 3 aromatic rings. The largest absolute Gasteiger partial charge is 0.465 e. The molecule has 0 bridgehead atoms. The monoisotopic (exact) mass is 360 g/mol. The van der Waals surface area contributed by atoms with E-state index in [2.05, 4.69) is 15.0 Å². The van der Waals surface area contributed by atoms with E-state index in [1.165, 1.54) is 4.90 Å². The molecule has 1 N–H and O–H groups in total. The van der Waals surface area contributed by atoms with Gasteiger partial charge >= 0.3 is 5.97 Å². The number of imidazole rings is 1. The zero-order chi connectivity index (χ0) is 16.9. The van der Waals surface area contributed by atoms with Crippen LogP contribution < -0.4 is 4.90 Å². The number of aromatic amines is 1. The van der Waals surface area contributed by atoms with Gasteiger partial charge in [0.25, 0.3) is 5.91 Å². The highest BCUT2D eigenvalue weighted by Crippen LogP contribution is 2.17. The zero-order valence-corrected chi connectivity index (χ0v) is 14.3. The van der Waals surface area contributed by atoms with Crippen LogP contribution in [-0.2, 0) is 9.53 Å². The summed E-state index contributed by atoms with van der Waals surface area (Å²) < 4.78 is 4.96. The Hall–Kier alpha value is -2.93. The van der Waals surface area contributed by atoms with Gasteiger partial charge in [0.1, 0.15) is 12.4 Å². The van der Waals surface area contributed by atoms with Gasteiger partial charge in [-0.3, -0.25) is 14.5 Å². The molecule has 2 aromatic heterocycles. The van der Waals surface area contributed by atoms with Gasteiger partial charge in [0.05, 0.1) is 24.0 Å². The molecule has 3 rings (SSSR count). The highest BCUT2D eigenvalue weighted by atomic mass is 35.5. The van der Waals surface area contributed by atoms with E-state index in [0.717, 1.165) is 11.0 Å². The number of hydrogen-bond donors (Lipinski definition) is 1. The van der Waals surface area contributed by atoms with Crippen LogP contribution in [0.1, 0.15) is 17.3 Å². The summed E-state index contributed by atoms with van der Waals surface area (Å²) in [7, 11) is 0. The van der Waals surface area contributed by atoms with Crippen LogP contribution in [0.2, 0.25) is 0 Å². The molecule has 0 unspecified atom stereocenters. The fraction of sp³-hybridized carbons (Fsp3) is 0.176. The first-order valence-corrected chi connectivity index (χ1v) is 7.50. The minimum atomic E-state index is -0.487. The zero-order valence-electron chi connectivity index (χ0n) is 13.5. The van der Waals surface area contributed by atoms with Crippen molar-refractivity contribution < 1.29 is 14.3 Å². The fourth-order valence-corrected chi connectivity index (χ4v) is 2.33. The first-order valence-electron chi connectivity index (χ1n) is 7.50. The Balaban J connectivity index is 0.00000225. The Morgan fingerprint density at radius 2 is 2.04 bits per heavy atom. The average Bonchev–Trinajstić information content (AvgIpc) is 3.08. The SMILES string of the molecule is CCOC(=O)CN(C(=O)c1ccc2nc[nH]c2c1)c1ccccn1.Cl. The van der Waals surface area contributed by atoms with Crippen LogP contribution in [0, 0.1) is 0 Å². The number of nitrogens with one attached hydrogen (secondary N) is 1. The molecule has 0 aliphatic rings. The van der Waals surface area contributed by atoms with E-state index in [-0.39, 0.29) is 31.5 Å².